The lowest BCUT2D eigenvalue weighted by molar-refractivity contribution is -0.379. The van der Waals surface area contributed by atoms with E-state index < -0.39 is 4.92 Å². The van der Waals surface area contributed by atoms with Crippen molar-refractivity contribution in [2.45, 2.75) is 6.92 Å². The Labute approximate surface area is 111 Å². The van der Waals surface area contributed by atoms with Crippen LogP contribution in [0.15, 0.2) is 18.2 Å². The van der Waals surface area contributed by atoms with E-state index in [1.165, 1.54) is 0 Å². The lowest BCUT2D eigenvalue weighted by atomic mass is 10.1. The maximum absolute atomic E-state index is 10.9. The number of rotatable bonds is 2. The van der Waals surface area contributed by atoms with E-state index in [1.54, 1.807) is 25.1 Å². The number of benzene rings is 1. The fourth-order valence-electron chi connectivity index (χ4n) is 1.37. The van der Waals surface area contributed by atoms with Crippen LogP contribution in [0.5, 0.6) is 0 Å². The minimum Gasteiger partial charge on any atom is -0.257 e. The highest BCUT2D eigenvalue weighted by molar-refractivity contribution is 7.15. The van der Waals surface area contributed by atoms with Crippen molar-refractivity contribution in [3.63, 3.8) is 0 Å². The van der Waals surface area contributed by atoms with Gasteiger partial charge < -0.3 is 0 Å². The number of hydrogen-bond acceptors (Lipinski definition) is 4. The first-order valence-electron chi connectivity index (χ1n) is 4.56. The molecule has 1 heterocycles. The van der Waals surface area contributed by atoms with Gasteiger partial charge in [0.25, 0.3) is 0 Å². The third-order valence-corrected chi connectivity index (χ3v) is 3.74. The van der Waals surface area contributed by atoms with Gasteiger partial charge in [-0.2, -0.15) is 0 Å². The average molecular weight is 289 g/mol. The monoisotopic (exact) mass is 288 g/mol. The highest BCUT2D eigenvalue weighted by Gasteiger charge is 2.21. The van der Waals surface area contributed by atoms with Gasteiger partial charge in [-0.15, -0.1) is 0 Å². The normalized spacial score (nSPS) is 10.5. The molecule has 0 aliphatic rings. The van der Waals surface area contributed by atoms with E-state index >= 15 is 0 Å². The first-order valence-corrected chi connectivity index (χ1v) is 6.13. The van der Waals surface area contributed by atoms with Crippen molar-refractivity contribution in [2.24, 2.45) is 0 Å². The molecule has 0 unspecified atom stereocenters. The van der Waals surface area contributed by atoms with Crippen LogP contribution in [0, 0.1) is 17.0 Å². The van der Waals surface area contributed by atoms with Crippen molar-refractivity contribution in [1.29, 1.82) is 0 Å². The largest absolute Gasteiger partial charge is 0.351 e. The summed E-state index contributed by atoms with van der Waals surface area (Å²) in [6.45, 7) is 1.72. The van der Waals surface area contributed by atoms with Crippen LogP contribution < -0.4 is 0 Å². The molecular weight excluding hydrogens is 283 g/mol. The van der Waals surface area contributed by atoms with Crippen LogP contribution in [0.2, 0.25) is 10.0 Å². The molecule has 0 aliphatic carbocycles. The molecule has 17 heavy (non-hydrogen) atoms. The molecular formula is C10H6Cl2N2O2S. The summed E-state index contributed by atoms with van der Waals surface area (Å²) in [4.78, 5) is 14.6. The first-order chi connectivity index (χ1) is 7.99. The van der Waals surface area contributed by atoms with Crippen molar-refractivity contribution in [3.05, 3.63) is 43.4 Å². The molecule has 1 aromatic carbocycles. The Bertz CT molecular complexity index is 598. The average Bonchev–Trinajstić information content (AvgIpc) is 2.64. The summed E-state index contributed by atoms with van der Waals surface area (Å²) in [5.74, 6) is 0. The van der Waals surface area contributed by atoms with Crippen LogP contribution in [0.25, 0.3) is 11.3 Å². The van der Waals surface area contributed by atoms with E-state index in [0.717, 1.165) is 11.3 Å². The number of nitrogens with zero attached hydrogens (tertiary/aromatic N) is 2. The quantitative estimate of drug-likeness (QED) is 0.610. The van der Waals surface area contributed by atoms with Crippen molar-refractivity contribution in [3.8, 4) is 11.3 Å². The molecule has 0 fully saturated rings. The van der Waals surface area contributed by atoms with Crippen molar-refractivity contribution < 1.29 is 4.92 Å². The number of aromatic nitrogens is 1. The molecule has 0 saturated carbocycles. The molecule has 0 spiro atoms. The molecule has 0 aliphatic heterocycles. The van der Waals surface area contributed by atoms with Crippen molar-refractivity contribution in [2.75, 3.05) is 0 Å². The van der Waals surface area contributed by atoms with Crippen LogP contribution in [0.1, 0.15) is 5.01 Å². The Balaban J connectivity index is 2.59. The van der Waals surface area contributed by atoms with Gasteiger partial charge in [-0.1, -0.05) is 29.3 Å². The minimum atomic E-state index is -0.442. The summed E-state index contributed by atoms with van der Waals surface area (Å²) in [5, 5.41) is 12.3. The molecule has 88 valence electrons. The molecule has 0 N–H and O–H groups in total. The third kappa shape index (κ3) is 2.41. The Morgan fingerprint density at radius 1 is 1.35 bits per heavy atom. The number of hydrogen-bond donors (Lipinski definition) is 0. The van der Waals surface area contributed by atoms with E-state index in [4.69, 9.17) is 23.2 Å². The summed E-state index contributed by atoms with van der Waals surface area (Å²) < 4.78 is 0. The highest BCUT2D eigenvalue weighted by atomic mass is 35.5. The zero-order chi connectivity index (χ0) is 12.6. The van der Waals surface area contributed by atoms with Crippen LogP contribution in [-0.4, -0.2) is 9.91 Å². The topological polar surface area (TPSA) is 56.0 Å². The maximum atomic E-state index is 10.9. The van der Waals surface area contributed by atoms with Gasteiger partial charge in [0, 0.05) is 5.56 Å². The molecule has 0 radical (unpaired) electrons. The predicted octanol–water partition coefficient (Wildman–Crippen LogP) is 4.33. The number of nitro groups is 1. The molecule has 0 atom stereocenters. The smallest absolute Gasteiger partial charge is 0.257 e. The summed E-state index contributed by atoms with van der Waals surface area (Å²) in [5.41, 5.74) is 0.923. The molecule has 2 rings (SSSR count). The number of aryl methyl sites for hydroxylation is 1. The molecule has 4 nitrogen and oxygen atoms in total. The summed E-state index contributed by atoms with van der Waals surface area (Å²) >= 11 is 12.7. The molecule has 7 heteroatoms. The van der Waals surface area contributed by atoms with Gasteiger partial charge in [0.05, 0.1) is 20.0 Å². The van der Waals surface area contributed by atoms with Crippen molar-refractivity contribution in [1.82, 2.24) is 4.98 Å². The Kier molecular flexibility index (Phi) is 3.33. The SMILES string of the molecule is Cc1nc(-c2ccc(Cl)c(Cl)c2)c([N+](=O)[O-])s1. The van der Waals surface area contributed by atoms with Crippen LogP contribution in [0.3, 0.4) is 0 Å². The Hall–Kier alpha value is -1.17. The Morgan fingerprint density at radius 2 is 2.06 bits per heavy atom. The standard InChI is InChI=1S/C10H6Cl2N2O2S/c1-5-13-9(10(17-5)14(15)16)6-2-3-7(11)8(12)4-6/h2-4H,1H3. The molecule has 2 aromatic rings. The van der Waals surface area contributed by atoms with Crippen LogP contribution in [0.4, 0.5) is 5.00 Å². The summed E-state index contributed by atoms with van der Waals surface area (Å²) in [6.07, 6.45) is 0. The third-order valence-electron chi connectivity index (χ3n) is 2.08. The van der Waals surface area contributed by atoms with Gasteiger partial charge in [-0.25, -0.2) is 4.98 Å². The lowest BCUT2D eigenvalue weighted by Crippen LogP contribution is -1.88. The second kappa shape index (κ2) is 4.60. The van der Waals surface area contributed by atoms with E-state index in [2.05, 4.69) is 4.98 Å². The fourth-order valence-corrected chi connectivity index (χ4v) is 2.42. The zero-order valence-corrected chi connectivity index (χ0v) is 10.9. The number of halogens is 2. The lowest BCUT2D eigenvalue weighted by Gasteiger charge is -1.99. The van der Waals surface area contributed by atoms with Crippen molar-refractivity contribution >= 4 is 39.5 Å². The molecule has 0 saturated heterocycles. The second-order valence-corrected chi connectivity index (χ2v) is 5.27. The first kappa shape index (κ1) is 12.3. The number of thiazole rings is 1. The summed E-state index contributed by atoms with van der Waals surface area (Å²) in [6, 6.07) is 4.83. The van der Waals surface area contributed by atoms with Crippen LogP contribution >= 0.6 is 34.5 Å². The van der Waals surface area contributed by atoms with E-state index in [9.17, 15) is 10.1 Å². The van der Waals surface area contributed by atoms with E-state index in [-0.39, 0.29) is 5.00 Å². The molecule has 0 bridgehead atoms. The van der Waals surface area contributed by atoms with Crippen LogP contribution in [-0.2, 0) is 0 Å². The van der Waals surface area contributed by atoms with Gasteiger partial charge in [0.1, 0.15) is 0 Å². The van der Waals surface area contributed by atoms with Gasteiger partial charge in [0.2, 0.25) is 0 Å². The molecule has 0 amide bonds. The predicted molar refractivity (Wildman–Crippen MR) is 69.0 cm³/mol. The van der Waals surface area contributed by atoms with Gasteiger partial charge in [-0.3, -0.25) is 10.1 Å². The van der Waals surface area contributed by atoms with E-state index in [1.807, 2.05) is 0 Å². The van der Waals surface area contributed by atoms with Gasteiger partial charge in [0.15, 0.2) is 5.69 Å². The summed E-state index contributed by atoms with van der Waals surface area (Å²) in [7, 11) is 0. The second-order valence-electron chi connectivity index (χ2n) is 3.27. The molecule has 1 aromatic heterocycles. The van der Waals surface area contributed by atoms with Gasteiger partial charge in [-0.05, 0) is 30.4 Å². The maximum Gasteiger partial charge on any atom is 0.351 e. The fraction of sp³-hybridized carbons (Fsp3) is 0.100. The Morgan fingerprint density at radius 3 is 2.65 bits per heavy atom. The minimum absolute atomic E-state index is 0.0147. The van der Waals surface area contributed by atoms with Gasteiger partial charge >= 0.3 is 5.00 Å². The zero-order valence-electron chi connectivity index (χ0n) is 8.61. The highest BCUT2D eigenvalue weighted by Crippen LogP contribution is 2.36. The van der Waals surface area contributed by atoms with E-state index in [0.29, 0.717) is 26.3 Å².